The molecule has 0 aliphatic rings. The predicted octanol–water partition coefficient (Wildman–Crippen LogP) is 4.73. The summed E-state index contributed by atoms with van der Waals surface area (Å²) in [5.41, 5.74) is 1.35. The number of anilines is 1. The average molecular weight is 484 g/mol. The first-order valence-electron chi connectivity index (χ1n) is 9.66. The van der Waals surface area contributed by atoms with Gasteiger partial charge in [-0.2, -0.15) is 17.5 Å². The molecule has 0 saturated heterocycles. The molecular formula is C21H24F3N4O2PS. The summed E-state index contributed by atoms with van der Waals surface area (Å²) in [5, 5.41) is 3.21. The van der Waals surface area contributed by atoms with Gasteiger partial charge in [-0.25, -0.2) is 13.4 Å². The number of aromatic nitrogens is 2. The van der Waals surface area contributed by atoms with Crippen molar-refractivity contribution in [1.82, 2.24) is 13.9 Å². The van der Waals surface area contributed by atoms with E-state index >= 15 is 0 Å². The van der Waals surface area contributed by atoms with E-state index in [9.17, 15) is 21.6 Å². The molecule has 1 aromatic heterocycles. The third-order valence-electron chi connectivity index (χ3n) is 5.02. The van der Waals surface area contributed by atoms with E-state index in [1.165, 1.54) is 29.6 Å². The lowest BCUT2D eigenvalue weighted by atomic mass is 10.0. The average Bonchev–Trinajstić information content (AvgIpc) is 3.18. The quantitative estimate of drug-likeness (QED) is 0.493. The topological polar surface area (TPSA) is 67.2 Å². The van der Waals surface area contributed by atoms with Gasteiger partial charge in [-0.1, -0.05) is 12.1 Å². The van der Waals surface area contributed by atoms with E-state index in [0.717, 1.165) is 12.1 Å². The van der Waals surface area contributed by atoms with Crippen LogP contribution in [-0.2, 0) is 23.2 Å². The maximum atomic E-state index is 13.1. The molecule has 11 heteroatoms. The minimum atomic E-state index is -4.44. The molecule has 0 fully saturated rings. The van der Waals surface area contributed by atoms with Crippen molar-refractivity contribution >= 4 is 25.0 Å². The molecule has 32 heavy (non-hydrogen) atoms. The Morgan fingerprint density at radius 2 is 1.94 bits per heavy atom. The Kier molecular flexibility index (Phi) is 6.97. The van der Waals surface area contributed by atoms with Crippen LogP contribution in [0.5, 0.6) is 0 Å². The van der Waals surface area contributed by atoms with Gasteiger partial charge in [0.05, 0.1) is 22.5 Å². The zero-order chi connectivity index (χ0) is 23.7. The summed E-state index contributed by atoms with van der Waals surface area (Å²) in [5.74, 6) is 0. The maximum Gasteiger partial charge on any atom is 0.416 e. The highest BCUT2D eigenvalue weighted by Gasteiger charge is 2.31. The summed E-state index contributed by atoms with van der Waals surface area (Å²) < 4.78 is 67.8. The number of nitrogens with zero attached hydrogens (tertiary/aromatic N) is 3. The van der Waals surface area contributed by atoms with Gasteiger partial charge in [-0.05, 0) is 42.8 Å². The van der Waals surface area contributed by atoms with Gasteiger partial charge in [0.15, 0.2) is 0 Å². The largest absolute Gasteiger partial charge is 0.416 e. The standard InChI is InChI=1S/C21H24F3N4O2PS/c1-14(15-5-4-6-16(9-15)21(22,23)24)26-19-8-7-17(32(29,30)28(3)13-31)10-18(19)20-11-27(2)12-25-20/h4-12,14,26H,13,31H2,1-3H3/t14-/m0/s1. The summed E-state index contributed by atoms with van der Waals surface area (Å²) in [6.07, 6.45) is -0.876. The third kappa shape index (κ3) is 5.14. The zero-order valence-electron chi connectivity index (χ0n) is 17.8. The Morgan fingerprint density at radius 1 is 1.22 bits per heavy atom. The monoisotopic (exact) mass is 484 g/mol. The fourth-order valence-corrected chi connectivity index (χ4v) is 4.80. The van der Waals surface area contributed by atoms with Crippen molar-refractivity contribution in [1.29, 1.82) is 0 Å². The van der Waals surface area contributed by atoms with Gasteiger partial charge in [0.1, 0.15) is 0 Å². The summed E-state index contributed by atoms with van der Waals surface area (Å²) in [4.78, 5) is 4.42. The number of imidazole rings is 1. The van der Waals surface area contributed by atoms with Crippen LogP contribution in [0.25, 0.3) is 11.3 Å². The van der Waals surface area contributed by atoms with Crippen LogP contribution in [0, 0.1) is 0 Å². The van der Waals surface area contributed by atoms with Gasteiger partial charge in [-0.3, -0.25) is 0 Å². The molecular weight excluding hydrogens is 460 g/mol. The highest BCUT2D eigenvalue weighted by Crippen LogP contribution is 2.34. The van der Waals surface area contributed by atoms with Crippen LogP contribution in [0.1, 0.15) is 24.1 Å². The van der Waals surface area contributed by atoms with Crippen LogP contribution in [-0.4, -0.2) is 35.6 Å². The van der Waals surface area contributed by atoms with Gasteiger partial charge < -0.3 is 9.88 Å². The SMILES string of the molecule is C[C@H](Nc1ccc(S(=O)(=O)N(C)CP)cc1-c1cn(C)cn1)c1cccc(C(F)(F)F)c1. The van der Waals surface area contributed by atoms with E-state index in [1.54, 1.807) is 43.2 Å². The second-order valence-corrected chi connectivity index (χ2v) is 9.82. The van der Waals surface area contributed by atoms with E-state index in [-0.39, 0.29) is 11.2 Å². The van der Waals surface area contributed by atoms with Crippen molar-refractivity contribution in [2.75, 3.05) is 18.7 Å². The van der Waals surface area contributed by atoms with Crippen LogP contribution < -0.4 is 5.32 Å². The molecule has 1 heterocycles. The van der Waals surface area contributed by atoms with E-state index in [1.807, 2.05) is 0 Å². The number of rotatable bonds is 7. The fraction of sp³-hybridized carbons (Fsp3) is 0.286. The smallest absolute Gasteiger partial charge is 0.378 e. The summed E-state index contributed by atoms with van der Waals surface area (Å²) in [7, 11) is 1.92. The molecule has 0 saturated carbocycles. The number of benzene rings is 2. The van der Waals surface area contributed by atoms with Crippen LogP contribution >= 0.6 is 9.24 Å². The van der Waals surface area contributed by atoms with Crippen molar-refractivity contribution in [3.63, 3.8) is 0 Å². The van der Waals surface area contributed by atoms with Crippen LogP contribution in [0.15, 0.2) is 59.9 Å². The number of aryl methyl sites for hydroxylation is 1. The van der Waals surface area contributed by atoms with E-state index in [4.69, 9.17) is 0 Å². The van der Waals surface area contributed by atoms with E-state index < -0.39 is 27.8 Å². The first kappa shape index (κ1) is 24.2. The molecule has 3 rings (SSSR count). The second-order valence-electron chi connectivity index (χ2n) is 7.41. The Hall–Kier alpha value is -2.42. The molecule has 0 spiro atoms. The first-order chi connectivity index (χ1) is 14.9. The van der Waals surface area contributed by atoms with Crippen molar-refractivity contribution in [2.24, 2.45) is 7.05 Å². The minimum Gasteiger partial charge on any atom is -0.378 e. The summed E-state index contributed by atoms with van der Waals surface area (Å²) in [6, 6.07) is 9.23. The molecule has 1 N–H and O–H groups in total. The van der Waals surface area contributed by atoms with Gasteiger partial charge in [0.2, 0.25) is 10.0 Å². The van der Waals surface area contributed by atoms with Gasteiger partial charge in [-0.15, -0.1) is 9.24 Å². The van der Waals surface area contributed by atoms with Crippen LogP contribution in [0.4, 0.5) is 18.9 Å². The zero-order valence-corrected chi connectivity index (χ0v) is 19.7. The molecule has 0 bridgehead atoms. The van der Waals surface area contributed by atoms with Gasteiger partial charge in [0, 0.05) is 43.9 Å². The van der Waals surface area contributed by atoms with E-state index in [0.29, 0.717) is 22.5 Å². The van der Waals surface area contributed by atoms with Gasteiger partial charge in [0.25, 0.3) is 0 Å². The van der Waals surface area contributed by atoms with E-state index in [2.05, 4.69) is 19.5 Å². The number of hydrogen-bond acceptors (Lipinski definition) is 4. The van der Waals surface area contributed by atoms with Crippen LogP contribution in [0.3, 0.4) is 0 Å². The van der Waals surface area contributed by atoms with Crippen molar-refractivity contribution in [2.45, 2.75) is 24.0 Å². The highest BCUT2D eigenvalue weighted by atomic mass is 32.2. The molecule has 0 amide bonds. The first-order valence-corrected chi connectivity index (χ1v) is 11.9. The normalized spacial score (nSPS) is 13.4. The number of sulfonamides is 1. The molecule has 2 atom stereocenters. The van der Waals surface area contributed by atoms with Crippen molar-refractivity contribution < 1.29 is 21.6 Å². The van der Waals surface area contributed by atoms with Crippen LogP contribution in [0.2, 0.25) is 0 Å². The number of halogens is 3. The molecule has 172 valence electrons. The molecule has 2 aromatic carbocycles. The Balaban J connectivity index is 2.03. The third-order valence-corrected chi connectivity index (χ3v) is 7.65. The lowest BCUT2D eigenvalue weighted by Gasteiger charge is -2.21. The number of alkyl halides is 3. The predicted molar refractivity (Wildman–Crippen MR) is 122 cm³/mol. The molecule has 6 nitrogen and oxygen atoms in total. The molecule has 0 radical (unpaired) electrons. The number of hydrogen-bond donors (Lipinski definition) is 1. The summed E-state index contributed by atoms with van der Waals surface area (Å²) in [6.45, 7) is 1.74. The van der Waals surface area contributed by atoms with Gasteiger partial charge >= 0.3 is 6.18 Å². The fourth-order valence-electron chi connectivity index (χ4n) is 3.15. The minimum absolute atomic E-state index is 0.0976. The second kappa shape index (κ2) is 9.21. The molecule has 0 aliphatic heterocycles. The van der Waals surface area contributed by atoms with Crippen molar-refractivity contribution in [3.8, 4) is 11.3 Å². The molecule has 1 unspecified atom stereocenters. The Labute approximate surface area is 187 Å². The Bertz CT molecular complexity index is 1210. The molecule has 0 aliphatic carbocycles. The lowest BCUT2D eigenvalue weighted by Crippen LogP contribution is -2.25. The lowest BCUT2D eigenvalue weighted by molar-refractivity contribution is -0.137. The Morgan fingerprint density at radius 3 is 2.53 bits per heavy atom. The maximum absolute atomic E-state index is 13.1. The van der Waals surface area contributed by atoms with Crippen molar-refractivity contribution in [3.05, 3.63) is 66.1 Å². The number of nitrogens with one attached hydrogen (secondary N) is 1. The molecule has 3 aromatic rings. The summed E-state index contributed by atoms with van der Waals surface area (Å²) >= 11 is 0. The highest BCUT2D eigenvalue weighted by molar-refractivity contribution is 7.89.